The smallest absolute Gasteiger partial charge is 0.235 e. The molecule has 0 radical (unpaired) electrons. The van der Waals surface area contributed by atoms with Crippen molar-refractivity contribution in [2.24, 2.45) is 0 Å². The van der Waals surface area contributed by atoms with Crippen LogP contribution in [0.15, 0.2) is 18.5 Å². The van der Waals surface area contributed by atoms with Crippen molar-refractivity contribution in [2.75, 3.05) is 32.4 Å². The molecule has 1 aliphatic rings. The van der Waals surface area contributed by atoms with Crippen molar-refractivity contribution in [1.29, 1.82) is 0 Å². The highest BCUT2D eigenvalue weighted by molar-refractivity contribution is 7.89. The number of rotatable bonds is 3. The molecule has 0 bridgehead atoms. The Labute approximate surface area is 96.1 Å². The summed E-state index contributed by atoms with van der Waals surface area (Å²) < 4.78 is 23.8. The van der Waals surface area contributed by atoms with Crippen LogP contribution in [0.25, 0.3) is 0 Å². The molecule has 90 valence electrons. The van der Waals surface area contributed by atoms with Crippen LogP contribution in [-0.4, -0.2) is 49.7 Å². The molecule has 6 heteroatoms. The third-order valence-corrected chi connectivity index (χ3v) is 3.72. The lowest BCUT2D eigenvalue weighted by Crippen LogP contribution is -2.42. The molecule has 16 heavy (non-hydrogen) atoms. The van der Waals surface area contributed by atoms with Crippen LogP contribution < -0.4 is 5.32 Å². The second kappa shape index (κ2) is 4.57. The molecule has 2 rings (SSSR count). The summed E-state index contributed by atoms with van der Waals surface area (Å²) in [4.78, 5) is 2.32. The minimum absolute atomic E-state index is 0.824. The molecular formula is C10H17N3O2S. The molecule has 0 amide bonds. The van der Waals surface area contributed by atoms with Crippen LogP contribution in [0.4, 0.5) is 0 Å². The Morgan fingerprint density at radius 1 is 1.38 bits per heavy atom. The van der Waals surface area contributed by atoms with Gasteiger partial charge in [0.2, 0.25) is 10.0 Å². The summed E-state index contributed by atoms with van der Waals surface area (Å²) in [5.41, 5.74) is 1.05. The van der Waals surface area contributed by atoms with Gasteiger partial charge >= 0.3 is 0 Å². The Morgan fingerprint density at radius 3 is 2.62 bits per heavy atom. The molecule has 0 atom stereocenters. The average Bonchev–Trinajstić information content (AvgIpc) is 2.67. The van der Waals surface area contributed by atoms with Crippen molar-refractivity contribution < 1.29 is 8.42 Å². The molecule has 1 N–H and O–H groups in total. The lowest BCUT2D eigenvalue weighted by molar-refractivity contribution is 0.233. The van der Waals surface area contributed by atoms with Gasteiger partial charge in [-0.15, -0.1) is 0 Å². The molecule has 2 heterocycles. The maximum atomic E-state index is 11.3. The van der Waals surface area contributed by atoms with Crippen LogP contribution >= 0.6 is 0 Å². The molecule has 0 unspecified atom stereocenters. The summed E-state index contributed by atoms with van der Waals surface area (Å²) in [6, 6.07) is 1.86. The zero-order chi connectivity index (χ0) is 11.6. The van der Waals surface area contributed by atoms with E-state index < -0.39 is 10.0 Å². The van der Waals surface area contributed by atoms with Crippen LogP contribution in [-0.2, 0) is 16.6 Å². The molecule has 1 aromatic rings. The van der Waals surface area contributed by atoms with E-state index in [4.69, 9.17) is 0 Å². The van der Waals surface area contributed by atoms with Gasteiger partial charge in [-0.1, -0.05) is 0 Å². The van der Waals surface area contributed by atoms with E-state index in [0.717, 1.165) is 38.3 Å². The lowest BCUT2D eigenvalue weighted by atomic mass is 10.3. The molecular weight excluding hydrogens is 226 g/mol. The minimum Gasteiger partial charge on any atom is -0.314 e. The Kier molecular flexibility index (Phi) is 3.32. The second-order valence-electron chi connectivity index (χ2n) is 4.14. The van der Waals surface area contributed by atoms with Gasteiger partial charge in [0.25, 0.3) is 0 Å². The summed E-state index contributed by atoms with van der Waals surface area (Å²) in [6.45, 7) is 4.87. The van der Waals surface area contributed by atoms with Crippen molar-refractivity contribution in [2.45, 2.75) is 6.54 Å². The van der Waals surface area contributed by atoms with E-state index in [1.165, 1.54) is 10.2 Å². The van der Waals surface area contributed by atoms with E-state index in [1.54, 1.807) is 12.4 Å². The van der Waals surface area contributed by atoms with Crippen LogP contribution in [0, 0.1) is 0 Å². The zero-order valence-corrected chi connectivity index (χ0v) is 10.2. The first-order valence-electron chi connectivity index (χ1n) is 5.36. The summed E-state index contributed by atoms with van der Waals surface area (Å²) >= 11 is 0. The fourth-order valence-corrected chi connectivity index (χ4v) is 2.45. The van der Waals surface area contributed by atoms with Gasteiger partial charge < -0.3 is 5.32 Å². The predicted molar refractivity (Wildman–Crippen MR) is 62.8 cm³/mol. The normalized spacial score (nSPS) is 18.8. The first-order valence-corrected chi connectivity index (χ1v) is 7.21. The third kappa shape index (κ3) is 2.84. The van der Waals surface area contributed by atoms with Crippen molar-refractivity contribution in [3.05, 3.63) is 24.0 Å². The van der Waals surface area contributed by atoms with E-state index in [2.05, 4.69) is 10.2 Å². The highest BCUT2D eigenvalue weighted by Gasteiger charge is 2.12. The first kappa shape index (κ1) is 11.6. The van der Waals surface area contributed by atoms with E-state index in [9.17, 15) is 8.42 Å². The summed E-state index contributed by atoms with van der Waals surface area (Å²) in [5.74, 6) is 0. The zero-order valence-electron chi connectivity index (χ0n) is 9.39. The van der Waals surface area contributed by atoms with E-state index in [-0.39, 0.29) is 0 Å². The monoisotopic (exact) mass is 243 g/mol. The molecule has 0 aromatic carbocycles. The predicted octanol–water partition coefficient (Wildman–Crippen LogP) is -0.299. The number of hydrogen-bond acceptors (Lipinski definition) is 4. The van der Waals surface area contributed by atoms with Crippen molar-refractivity contribution in [3.63, 3.8) is 0 Å². The van der Waals surface area contributed by atoms with Gasteiger partial charge in [0.15, 0.2) is 0 Å². The van der Waals surface area contributed by atoms with Crippen molar-refractivity contribution in [1.82, 2.24) is 14.2 Å². The van der Waals surface area contributed by atoms with Crippen LogP contribution in [0.5, 0.6) is 0 Å². The Bertz CT molecular complexity index is 446. The highest BCUT2D eigenvalue weighted by atomic mass is 32.2. The number of nitrogens with one attached hydrogen (secondary N) is 1. The quantitative estimate of drug-likeness (QED) is 0.792. The van der Waals surface area contributed by atoms with Crippen molar-refractivity contribution in [3.8, 4) is 0 Å². The Morgan fingerprint density at radius 2 is 2.06 bits per heavy atom. The molecule has 1 saturated heterocycles. The largest absolute Gasteiger partial charge is 0.314 e. The molecule has 0 saturated carbocycles. The van der Waals surface area contributed by atoms with Gasteiger partial charge in [0.05, 0.1) is 6.26 Å². The van der Waals surface area contributed by atoms with Gasteiger partial charge in [-0.2, -0.15) is 0 Å². The van der Waals surface area contributed by atoms with Crippen LogP contribution in [0.1, 0.15) is 5.56 Å². The number of piperazine rings is 1. The fraction of sp³-hybridized carbons (Fsp3) is 0.600. The molecule has 0 spiro atoms. The maximum Gasteiger partial charge on any atom is 0.235 e. The fourth-order valence-electron chi connectivity index (χ4n) is 1.85. The topological polar surface area (TPSA) is 54.3 Å². The molecule has 5 nitrogen and oxygen atoms in total. The summed E-state index contributed by atoms with van der Waals surface area (Å²) in [6.07, 6.45) is 4.51. The molecule has 0 aliphatic carbocycles. The number of nitrogens with zero attached hydrogens (tertiary/aromatic N) is 2. The molecule has 1 aliphatic heterocycles. The van der Waals surface area contributed by atoms with Gasteiger partial charge in [-0.3, -0.25) is 8.87 Å². The SMILES string of the molecule is CS(=O)(=O)n1ccc(CN2CCNCC2)c1. The second-order valence-corrected chi connectivity index (χ2v) is 6.03. The lowest BCUT2D eigenvalue weighted by Gasteiger charge is -2.26. The van der Waals surface area contributed by atoms with E-state index in [0.29, 0.717) is 0 Å². The van der Waals surface area contributed by atoms with Gasteiger partial charge in [-0.05, 0) is 11.6 Å². The Balaban J connectivity index is 2.02. The maximum absolute atomic E-state index is 11.3. The van der Waals surface area contributed by atoms with Gasteiger partial charge in [0.1, 0.15) is 0 Å². The third-order valence-electron chi connectivity index (χ3n) is 2.73. The van der Waals surface area contributed by atoms with Crippen LogP contribution in [0.2, 0.25) is 0 Å². The summed E-state index contributed by atoms with van der Waals surface area (Å²) in [5, 5.41) is 3.29. The highest BCUT2D eigenvalue weighted by Crippen LogP contribution is 2.08. The minimum atomic E-state index is -3.14. The van der Waals surface area contributed by atoms with Crippen LogP contribution in [0.3, 0.4) is 0 Å². The van der Waals surface area contributed by atoms with Crippen molar-refractivity contribution >= 4 is 10.0 Å². The number of aromatic nitrogens is 1. The standard InChI is InChI=1S/C10H17N3O2S/c1-16(14,15)13-5-2-10(9-13)8-12-6-3-11-4-7-12/h2,5,9,11H,3-4,6-8H2,1H3. The first-order chi connectivity index (χ1) is 7.55. The molecule has 1 aromatic heterocycles. The van der Waals surface area contributed by atoms with E-state index in [1.807, 2.05) is 6.07 Å². The summed E-state index contributed by atoms with van der Waals surface area (Å²) in [7, 11) is -3.14. The van der Waals surface area contributed by atoms with Gasteiger partial charge in [0, 0.05) is 45.1 Å². The number of hydrogen-bond donors (Lipinski definition) is 1. The average molecular weight is 243 g/mol. The Hall–Kier alpha value is -0.850. The van der Waals surface area contributed by atoms with Gasteiger partial charge in [-0.25, -0.2) is 8.42 Å². The molecule has 1 fully saturated rings. The van der Waals surface area contributed by atoms with E-state index >= 15 is 0 Å².